The van der Waals surface area contributed by atoms with Crippen LogP contribution in [0.2, 0.25) is 0 Å². The summed E-state index contributed by atoms with van der Waals surface area (Å²) in [6.45, 7) is 0.469. The minimum Gasteiger partial charge on any atom is -1.00 e. The first-order valence-electron chi connectivity index (χ1n) is 7.67. The van der Waals surface area contributed by atoms with E-state index in [1.54, 1.807) is 4.68 Å². The van der Waals surface area contributed by atoms with Gasteiger partial charge in [-0.2, -0.15) is 23.4 Å². The average molecular weight is 397 g/mol. The van der Waals surface area contributed by atoms with Gasteiger partial charge in [-0.05, 0) is 30.3 Å². The number of nitrogens with two attached hydrogens (primary N) is 1. The van der Waals surface area contributed by atoms with Crippen molar-refractivity contribution in [3.05, 3.63) is 66.1 Å². The molecule has 2 heterocycles. The lowest BCUT2D eigenvalue weighted by molar-refractivity contribution is -0.671. The number of azo groups is 1. The first-order valence-corrected chi connectivity index (χ1v) is 7.67. The van der Waals surface area contributed by atoms with E-state index in [2.05, 4.69) is 15.3 Å². The van der Waals surface area contributed by atoms with Crippen LogP contribution in [0.1, 0.15) is 11.1 Å². The summed E-state index contributed by atoms with van der Waals surface area (Å²) in [5.41, 5.74) is 6.94. The zero-order chi connectivity index (χ0) is 18.7. The Morgan fingerprint density at radius 2 is 1.85 bits per heavy atom. The Kier molecular flexibility index (Phi) is 6.17. The Morgan fingerprint density at radius 3 is 2.48 bits per heavy atom. The molecule has 2 N–H and O–H groups in total. The van der Waals surface area contributed by atoms with E-state index >= 15 is 0 Å². The third kappa shape index (κ3) is 5.04. The van der Waals surface area contributed by atoms with E-state index < -0.39 is 11.7 Å². The van der Waals surface area contributed by atoms with Crippen LogP contribution in [0.15, 0.2) is 65.2 Å². The van der Waals surface area contributed by atoms with E-state index in [1.165, 1.54) is 18.3 Å². The SMILES string of the molecule is C[n+]1cccc(Cn2ncc(N=Nc3ccc(C(F)(F)F)cc3)c2N)c1.[Cl-]. The van der Waals surface area contributed by atoms with Crippen molar-refractivity contribution in [1.29, 1.82) is 0 Å². The van der Waals surface area contributed by atoms with Crippen LogP contribution in [-0.4, -0.2) is 9.78 Å². The van der Waals surface area contributed by atoms with Crippen LogP contribution >= 0.6 is 0 Å². The number of aromatic nitrogens is 3. The Balaban J connectivity index is 0.00000261. The largest absolute Gasteiger partial charge is 1.00 e. The summed E-state index contributed by atoms with van der Waals surface area (Å²) in [5, 5.41) is 12.1. The second kappa shape index (κ2) is 8.17. The van der Waals surface area contributed by atoms with E-state index in [0.29, 0.717) is 23.7 Å². The zero-order valence-electron chi connectivity index (χ0n) is 14.2. The lowest BCUT2D eigenvalue weighted by Crippen LogP contribution is -3.00. The molecule has 0 saturated carbocycles. The highest BCUT2D eigenvalue weighted by molar-refractivity contribution is 5.56. The summed E-state index contributed by atoms with van der Waals surface area (Å²) < 4.78 is 41.1. The normalized spacial score (nSPS) is 11.6. The van der Waals surface area contributed by atoms with Gasteiger partial charge in [0.25, 0.3) is 0 Å². The third-order valence-corrected chi connectivity index (χ3v) is 3.66. The van der Waals surface area contributed by atoms with Gasteiger partial charge in [-0.1, -0.05) is 0 Å². The Bertz CT molecular complexity index is 935. The first-order chi connectivity index (χ1) is 12.3. The molecule has 0 bridgehead atoms. The minimum atomic E-state index is -4.38. The second-order valence-electron chi connectivity index (χ2n) is 5.70. The van der Waals surface area contributed by atoms with Gasteiger partial charge < -0.3 is 18.1 Å². The number of rotatable bonds is 4. The van der Waals surface area contributed by atoms with Crippen LogP contribution in [0.3, 0.4) is 0 Å². The highest BCUT2D eigenvalue weighted by atomic mass is 35.5. The molecule has 142 valence electrons. The average Bonchev–Trinajstić information content (AvgIpc) is 2.93. The molecule has 10 heteroatoms. The molecule has 0 amide bonds. The van der Waals surface area contributed by atoms with E-state index in [1.807, 2.05) is 36.1 Å². The molecule has 0 fully saturated rings. The van der Waals surface area contributed by atoms with Gasteiger partial charge in [0.1, 0.15) is 18.6 Å². The molecule has 2 aromatic heterocycles. The number of hydrogen-bond donors (Lipinski definition) is 1. The van der Waals surface area contributed by atoms with Crippen molar-refractivity contribution in [2.24, 2.45) is 17.3 Å². The van der Waals surface area contributed by atoms with Crippen LogP contribution in [0.25, 0.3) is 0 Å². The monoisotopic (exact) mass is 396 g/mol. The second-order valence-corrected chi connectivity index (χ2v) is 5.70. The number of nitrogen functional groups attached to an aromatic ring is 1. The molecule has 0 unspecified atom stereocenters. The molecular weight excluding hydrogens is 381 g/mol. The van der Waals surface area contributed by atoms with Crippen LogP contribution in [-0.2, 0) is 19.8 Å². The fourth-order valence-corrected chi connectivity index (χ4v) is 2.33. The maximum Gasteiger partial charge on any atom is 0.416 e. The van der Waals surface area contributed by atoms with Gasteiger partial charge in [-0.25, -0.2) is 9.25 Å². The molecule has 1 aromatic carbocycles. The molecule has 0 aliphatic carbocycles. The van der Waals surface area contributed by atoms with Gasteiger partial charge in [-0.15, -0.1) is 5.11 Å². The van der Waals surface area contributed by atoms with Crippen molar-refractivity contribution >= 4 is 17.2 Å². The summed E-state index contributed by atoms with van der Waals surface area (Å²) in [4.78, 5) is 0. The standard InChI is InChI=1S/C17H16F3N6.ClH/c1-25-8-2-3-12(10-25)11-26-16(21)15(9-22-26)24-23-14-6-4-13(5-7-14)17(18,19)20;/h2-10H,11,21H2,1H3;1H/q+1;/p-1. The molecule has 0 aliphatic rings. The van der Waals surface area contributed by atoms with Crippen molar-refractivity contribution in [2.75, 3.05) is 5.73 Å². The maximum atomic E-state index is 12.5. The molecule has 0 aliphatic heterocycles. The fourth-order valence-electron chi connectivity index (χ4n) is 2.33. The van der Waals surface area contributed by atoms with Gasteiger partial charge in [0.2, 0.25) is 0 Å². The first kappa shape index (κ1) is 20.4. The maximum absolute atomic E-state index is 12.5. The van der Waals surface area contributed by atoms with Crippen LogP contribution in [0.4, 0.5) is 30.4 Å². The quantitative estimate of drug-likeness (QED) is 0.523. The van der Waals surface area contributed by atoms with Crippen LogP contribution < -0.4 is 22.7 Å². The smallest absolute Gasteiger partial charge is 0.416 e. The molecule has 0 saturated heterocycles. The molecule has 27 heavy (non-hydrogen) atoms. The third-order valence-electron chi connectivity index (χ3n) is 3.66. The molecule has 0 radical (unpaired) electrons. The highest BCUT2D eigenvalue weighted by Crippen LogP contribution is 2.31. The fraction of sp³-hybridized carbons (Fsp3) is 0.176. The van der Waals surface area contributed by atoms with Gasteiger partial charge >= 0.3 is 6.18 Å². The van der Waals surface area contributed by atoms with Gasteiger partial charge in [0.05, 0.1) is 24.0 Å². The minimum absolute atomic E-state index is 0. The summed E-state index contributed by atoms with van der Waals surface area (Å²) in [5.74, 6) is 0.326. The lowest BCUT2D eigenvalue weighted by atomic mass is 10.2. The number of benzene rings is 1. The van der Waals surface area contributed by atoms with Crippen LogP contribution in [0.5, 0.6) is 0 Å². The molecule has 6 nitrogen and oxygen atoms in total. The Labute approximate surface area is 159 Å². The van der Waals surface area contributed by atoms with Gasteiger partial charge in [-0.3, -0.25) is 0 Å². The Morgan fingerprint density at radius 1 is 1.15 bits per heavy atom. The van der Waals surface area contributed by atoms with Gasteiger partial charge in [0.15, 0.2) is 12.4 Å². The number of anilines is 1. The Hall–Kier alpha value is -2.94. The number of pyridine rings is 1. The van der Waals surface area contributed by atoms with E-state index in [0.717, 1.165) is 17.7 Å². The molecule has 3 aromatic rings. The number of alkyl halides is 3. The van der Waals surface area contributed by atoms with E-state index in [4.69, 9.17) is 5.73 Å². The number of halogens is 4. The number of hydrogen-bond acceptors (Lipinski definition) is 4. The number of nitrogens with zero attached hydrogens (tertiary/aromatic N) is 5. The lowest BCUT2D eigenvalue weighted by Gasteiger charge is -2.05. The van der Waals surface area contributed by atoms with Crippen molar-refractivity contribution in [3.63, 3.8) is 0 Å². The highest BCUT2D eigenvalue weighted by Gasteiger charge is 2.29. The predicted molar refractivity (Wildman–Crippen MR) is 89.0 cm³/mol. The van der Waals surface area contributed by atoms with Crippen LogP contribution in [0, 0.1) is 0 Å². The van der Waals surface area contributed by atoms with Gasteiger partial charge in [0, 0.05) is 11.6 Å². The van der Waals surface area contributed by atoms with Crippen molar-refractivity contribution in [3.8, 4) is 0 Å². The number of aryl methyl sites for hydroxylation is 1. The van der Waals surface area contributed by atoms with Crippen molar-refractivity contribution < 1.29 is 30.1 Å². The molecular formula is C17H16ClF3N6. The summed E-state index contributed by atoms with van der Waals surface area (Å²) >= 11 is 0. The van der Waals surface area contributed by atoms with Crippen molar-refractivity contribution in [1.82, 2.24) is 9.78 Å². The van der Waals surface area contributed by atoms with E-state index in [9.17, 15) is 13.2 Å². The van der Waals surface area contributed by atoms with Crippen molar-refractivity contribution in [2.45, 2.75) is 12.7 Å². The van der Waals surface area contributed by atoms with E-state index in [-0.39, 0.29) is 12.4 Å². The summed E-state index contributed by atoms with van der Waals surface area (Å²) in [6.07, 6.45) is 0.950. The topological polar surface area (TPSA) is 72.4 Å². The summed E-state index contributed by atoms with van der Waals surface area (Å²) in [6, 6.07) is 8.27. The molecule has 0 atom stereocenters. The molecule has 0 spiro atoms. The molecule has 3 rings (SSSR count). The predicted octanol–water partition coefficient (Wildman–Crippen LogP) is 0.776. The summed E-state index contributed by atoms with van der Waals surface area (Å²) in [7, 11) is 1.92. The zero-order valence-corrected chi connectivity index (χ0v) is 15.0.